The van der Waals surface area contributed by atoms with Crippen LogP contribution in [0.15, 0.2) is 35.3 Å². The molecule has 0 aliphatic heterocycles. The van der Waals surface area contributed by atoms with Crippen LogP contribution in [0.1, 0.15) is 12.1 Å². The van der Waals surface area contributed by atoms with E-state index in [0.29, 0.717) is 6.61 Å². The summed E-state index contributed by atoms with van der Waals surface area (Å²) in [5.41, 5.74) is 1.79. The summed E-state index contributed by atoms with van der Waals surface area (Å²) in [5.74, 6) is 2.69. The molecule has 0 aliphatic carbocycles. The maximum atomic E-state index is 10.9. The quantitative estimate of drug-likeness (QED) is 0.654. The molecule has 6 heteroatoms. The van der Waals surface area contributed by atoms with Gasteiger partial charge in [-0.2, -0.15) is 11.8 Å². The Bertz CT molecular complexity index is 580. The molecule has 0 saturated heterocycles. The molecule has 2 aromatic rings. The number of hydrogen-bond acceptors (Lipinski definition) is 4. The number of nitrogens with one attached hydrogen (secondary N) is 3. The number of benzene rings is 1. The number of aromatic nitrogens is 2. The number of imidazole rings is 1. The molecule has 0 fully saturated rings. The number of anilines is 1. The van der Waals surface area contributed by atoms with E-state index in [1.807, 2.05) is 31.3 Å². The second-order valence-corrected chi connectivity index (χ2v) is 5.37. The molecular weight excluding hydrogens is 274 g/mol. The number of aromatic amines is 2. The van der Waals surface area contributed by atoms with Crippen molar-refractivity contribution in [2.75, 3.05) is 24.7 Å². The molecule has 0 aliphatic rings. The first-order valence-electron chi connectivity index (χ1n) is 6.53. The molecule has 0 unspecified atom stereocenters. The summed E-state index contributed by atoms with van der Waals surface area (Å²) in [6, 6.07) is 7.90. The Morgan fingerprint density at radius 1 is 1.35 bits per heavy atom. The van der Waals surface area contributed by atoms with Crippen LogP contribution in [-0.2, 0) is 5.75 Å². The molecule has 0 bridgehead atoms. The molecule has 1 aromatic carbocycles. The van der Waals surface area contributed by atoms with E-state index >= 15 is 0 Å². The van der Waals surface area contributed by atoms with E-state index in [1.54, 1.807) is 18.0 Å². The zero-order valence-electron chi connectivity index (χ0n) is 11.4. The van der Waals surface area contributed by atoms with Gasteiger partial charge in [-0.05, 0) is 24.3 Å². The summed E-state index contributed by atoms with van der Waals surface area (Å²) in [6.45, 7) is 0.690. The Balaban J connectivity index is 1.63. The van der Waals surface area contributed by atoms with Crippen molar-refractivity contribution in [3.05, 3.63) is 46.6 Å². The first-order valence-corrected chi connectivity index (χ1v) is 7.69. The van der Waals surface area contributed by atoms with Crippen molar-refractivity contribution in [3.8, 4) is 5.75 Å². The number of H-pyrrole nitrogens is 2. The fraction of sp³-hybridized carbons (Fsp3) is 0.357. The van der Waals surface area contributed by atoms with Crippen molar-refractivity contribution in [1.29, 1.82) is 0 Å². The van der Waals surface area contributed by atoms with E-state index in [4.69, 9.17) is 4.74 Å². The van der Waals surface area contributed by atoms with Gasteiger partial charge in [-0.1, -0.05) is 12.1 Å². The highest BCUT2D eigenvalue weighted by atomic mass is 32.2. The van der Waals surface area contributed by atoms with Crippen molar-refractivity contribution in [2.24, 2.45) is 0 Å². The average Bonchev–Trinajstić information content (AvgIpc) is 2.88. The summed E-state index contributed by atoms with van der Waals surface area (Å²) in [5, 5.41) is 3.10. The monoisotopic (exact) mass is 293 g/mol. The van der Waals surface area contributed by atoms with E-state index in [9.17, 15) is 4.79 Å². The van der Waals surface area contributed by atoms with Gasteiger partial charge in [0, 0.05) is 24.7 Å². The third kappa shape index (κ3) is 4.38. The first-order chi connectivity index (χ1) is 9.79. The van der Waals surface area contributed by atoms with Gasteiger partial charge in [0.25, 0.3) is 0 Å². The molecule has 0 saturated carbocycles. The van der Waals surface area contributed by atoms with E-state index in [1.165, 1.54) is 0 Å². The number of hydrogen-bond donors (Lipinski definition) is 3. The second-order valence-electron chi connectivity index (χ2n) is 4.27. The third-order valence-corrected chi connectivity index (χ3v) is 3.85. The lowest BCUT2D eigenvalue weighted by Gasteiger charge is -2.10. The van der Waals surface area contributed by atoms with Gasteiger partial charge in [0.2, 0.25) is 0 Å². The molecule has 3 N–H and O–H groups in total. The zero-order valence-corrected chi connectivity index (χ0v) is 12.3. The summed E-state index contributed by atoms with van der Waals surface area (Å²) in [7, 11) is 1.88. The number of rotatable bonds is 8. The number of para-hydroxylation sites is 2. The van der Waals surface area contributed by atoms with Crippen molar-refractivity contribution < 1.29 is 4.74 Å². The molecular formula is C14H19N3O2S. The standard InChI is InChI=1S/C14H19N3O2S/c1-15-12-5-2-3-6-13(12)19-7-4-8-20-10-11-9-16-14(18)17-11/h2-3,5-6,9,15H,4,7-8,10H2,1H3,(H2,16,17,18). The minimum absolute atomic E-state index is 0.146. The van der Waals surface area contributed by atoms with E-state index < -0.39 is 0 Å². The Hall–Kier alpha value is -1.82. The van der Waals surface area contributed by atoms with Gasteiger partial charge in [-0.3, -0.25) is 0 Å². The van der Waals surface area contributed by atoms with Gasteiger partial charge in [0.15, 0.2) is 0 Å². The summed E-state index contributed by atoms with van der Waals surface area (Å²) in [4.78, 5) is 16.2. The molecule has 0 atom stereocenters. The van der Waals surface area contributed by atoms with E-state index in [-0.39, 0.29) is 5.69 Å². The Kier molecular flexibility index (Phi) is 5.61. The van der Waals surface area contributed by atoms with Crippen LogP contribution in [0.2, 0.25) is 0 Å². The molecule has 5 nitrogen and oxygen atoms in total. The predicted octanol–water partition coefficient (Wildman–Crippen LogP) is 2.45. The molecule has 0 spiro atoms. The van der Waals surface area contributed by atoms with Gasteiger partial charge in [-0.15, -0.1) is 0 Å². The number of thioether (sulfide) groups is 1. The Morgan fingerprint density at radius 2 is 2.20 bits per heavy atom. The van der Waals surface area contributed by atoms with E-state index in [2.05, 4.69) is 15.3 Å². The highest BCUT2D eigenvalue weighted by Gasteiger charge is 2.00. The van der Waals surface area contributed by atoms with Gasteiger partial charge in [-0.25, -0.2) is 4.79 Å². The highest BCUT2D eigenvalue weighted by molar-refractivity contribution is 7.98. The molecule has 1 aromatic heterocycles. The minimum Gasteiger partial charge on any atom is -0.491 e. The van der Waals surface area contributed by atoms with Crippen LogP contribution in [0.5, 0.6) is 5.75 Å². The Labute approximate surface area is 122 Å². The summed E-state index contributed by atoms with van der Waals surface area (Å²) in [6.07, 6.45) is 2.69. The van der Waals surface area contributed by atoms with Crippen LogP contribution >= 0.6 is 11.8 Å². The molecule has 108 valence electrons. The van der Waals surface area contributed by atoms with Crippen molar-refractivity contribution >= 4 is 17.4 Å². The highest BCUT2D eigenvalue weighted by Crippen LogP contribution is 2.23. The van der Waals surface area contributed by atoms with Crippen LogP contribution < -0.4 is 15.7 Å². The maximum absolute atomic E-state index is 10.9. The zero-order chi connectivity index (χ0) is 14.2. The summed E-state index contributed by atoms with van der Waals surface area (Å²) >= 11 is 1.78. The van der Waals surface area contributed by atoms with Crippen LogP contribution in [0.4, 0.5) is 5.69 Å². The number of ether oxygens (including phenoxy) is 1. The minimum atomic E-state index is -0.146. The fourth-order valence-corrected chi connectivity index (χ4v) is 2.61. The molecule has 2 rings (SSSR count). The topological polar surface area (TPSA) is 69.9 Å². The van der Waals surface area contributed by atoms with Crippen molar-refractivity contribution in [2.45, 2.75) is 12.2 Å². The molecule has 0 amide bonds. The predicted molar refractivity (Wildman–Crippen MR) is 83.7 cm³/mol. The van der Waals surface area contributed by atoms with Crippen LogP contribution in [-0.4, -0.2) is 29.4 Å². The first kappa shape index (κ1) is 14.6. The van der Waals surface area contributed by atoms with Gasteiger partial charge in [0.1, 0.15) is 5.75 Å². The van der Waals surface area contributed by atoms with Crippen LogP contribution in [0, 0.1) is 0 Å². The van der Waals surface area contributed by atoms with Gasteiger partial charge < -0.3 is 20.0 Å². The lowest BCUT2D eigenvalue weighted by Crippen LogP contribution is -2.02. The molecule has 1 heterocycles. The largest absolute Gasteiger partial charge is 0.491 e. The van der Waals surface area contributed by atoms with Crippen LogP contribution in [0.3, 0.4) is 0 Å². The van der Waals surface area contributed by atoms with Gasteiger partial charge in [0.05, 0.1) is 12.3 Å². The fourth-order valence-electron chi connectivity index (χ4n) is 1.77. The van der Waals surface area contributed by atoms with Crippen molar-refractivity contribution in [3.63, 3.8) is 0 Å². The Morgan fingerprint density at radius 3 is 2.95 bits per heavy atom. The van der Waals surface area contributed by atoms with Crippen molar-refractivity contribution in [1.82, 2.24) is 9.97 Å². The van der Waals surface area contributed by atoms with E-state index in [0.717, 1.165) is 35.1 Å². The lowest BCUT2D eigenvalue weighted by molar-refractivity contribution is 0.320. The van der Waals surface area contributed by atoms with Gasteiger partial charge >= 0.3 is 5.69 Å². The molecule has 0 radical (unpaired) electrons. The summed E-state index contributed by atoms with van der Waals surface area (Å²) < 4.78 is 5.74. The SMILES string of the molecule is CNc1ccccc1OCCCSCc1c[nH]c(=O)[nH]1. The maximum Gasteiger partial charge on any atom is 0.323 e. The average molecular weight is 293 g/mol. The second kappa shape index (κ2) is 7.69. The lowest BCUT2D eigenvalue weighted by atomic mass is 10.3. The smallest absolute Gasteiger partial charge is 0.323 e. The third-order valence-electron chi connectivity index (χ3n) is 2.76. The normalized spacial score (nSPS) is 10.4. The molecule has 20 heavy (non-hydrogen) atoms. The van der Waals surface area contributed by atoms with Crippen LogP contribution in [0.25, 0.3) is 0 Å².